The first-order valence-electron chi connectivity index (χ1n) is 6.31. The van der Waals surface area contributed by atoms with E-state index in [-0.39, 0.29) is 19.1 Å². The van der Waals surface area contributed by atoms with E-state index in [1.54, 1.807) is 7.05 Å². The van der Waals surface area contributed by atoms with Gasteiger partial charge < -0.3 is 20.5 Å². The van der Waals surface area contributed by atoms with Gasteiger partial charge in [-0.05, 0) is 6.42 Å². The number of likely N-dealkylation sites (N-methyl/N-ethyl adjacent to an activating group) is 1. The molecule has 1 aliphatic heterocycles. The number of aliphatic carboxylic acids is 1. The van der Waals surface area contributed by atoms with Crippen molar-refractivity contribution < 1.29 is 19.4 Å². The van der Waals surface area contributed by atoms with E-state index in [9.17, 15) is 9.59 Å². The molecule has 1 amide bonds. The summed E-state index contributed by atoms with van der Waals surface area (Å²) in [6, 6.07) is -0.965. The summed E-state index contributed by atoms with van der Waals surface area (Å²) in [5.74, 6) is -1.79. The molecule has 18 heavy (non-hydrogen) atoms. The highest BCUT2D eigenvalue weighted by Gasteiger charge is 2.39. The lowest BCUT2D eigenvalue weighted by molar-refractivity contribution is -0.144. The predicted octanol–water partition coefficient (Wildman–Crippen LogP) is 0.0619. The highest BCUT2D eigenvalue weighted by atomic mass is 16.5. The van der Waals surface area contributed by atoms with Gasteiger partial charge in [0.15, 0.2) is 0 Å². The first-order valence-corrected chi connectivity index (χ1v) is 6.31. The lowest BCUT2D eigenvalue weighted by Crippen LogP contribution is -2.50. The Balaban J connectivity index is 2.59. The Bertz CT molecular complexity index is 308. The van der Waals surface area contributed by atoms with Gasteiger partial charge in [-0.15, -0.1) is 0 Å². The van der Waals surface area contributed by atoms with Crippen molar-refractivity contribution in [3.63, 3.8) is 0 Å². The van der Waals surface area contributed by atoms with Gasteiger partial charge in [-0.3, -0.25) is 9.59 Å². The molecule has 1 fully saturated rings. The fourth-order valence-corrected chi connectivity index (χ4v) is 2.13. The molecule has 0 spiro atoms. The molecule has 0 aromatic heterocycles. The van der Waals surface area contributed by atoms with Crippen LogP contribution in [0.15, 0.2) is 0 Å². The van der Waals surface area contributed by atoms with Crippen LogP contribution in [0.4, 0.5) is 0 Å². The third-order valence-corrected chi connectivity index (χ3v) is 3.40. The molecule has 1 heterocycles. The average Bonchev–Trinajstić information content (AvgIpc) is 2.83. The van der Waals surface area contributed by atoms with E-state index in [1.165, 1.54) is 4.90 Å². The number of nitrogens with zero attached hydrogens (tertiary/aromatic N) is 1. The standard InChI is InChI=1S/C12H22N2O4/c1-3-4-5-9(13)11(15)14(2)10-7-18-6-8(10)12(16)17/h8-10H,3-7,13H2,1-2H3,(H,16,17)/t8?,9-,10?/m0/s1. The Hall–Kier alpha value is -1.14. The zero-order valence-corrected chi connectivity index (χ0v) is 11.0. The van der Waals surface area contributed by atoms with Crippen molar-refractivity contribution in [2.24, 2.45) is 11.7 Å². The van der Waals surface area contributed by atoms with Crippen LogP contribution in [-0.4, -0.2) is 54.2 Å². The van der Waals surface area contributed by atoms with Crippen LogP contribution in [0.25, 0.3) is 0 Å². The molecule has 1 saturated heterocycles. The summed E-state index contributed by atoms with van der Waals surface area (Å²) < 4.78 is 5.15. The van der Waals surface area contributed by atoms with E-state index < -0.39 is 24.0 Å². The van der Waals surface area contributed by atoms with Gasteiger partial charge in [0, 0.05) is 7.05 Å². The van der Waals surface area contributed by atoms with Crippen LogP contribution >= 0.6 is 0 Å². The molecule has 3 N–H and O–H groups in total. The Labute approximate surface area is 107 Å². The van der Waals surface area contributed by atoms with Crippen molar-refractivity contribution in [1.29, 1.82) is 0 Å². The predicted molar refractivity (Wildman–Crippen MR) is 66.0 cm³/mol. The van der Waals surface area contributed by atoms with Crippen molar-refractivity contribution in [3.8, 4) is 0 Å². The smallest absolute Gasteiger partial charge is 0.311 e. The third-order valence-electron chi connectivity index (χ3n) is 3.40. The summed E-state index contributed by atoms with van der Waals surface area (Å²) in [4.78, 5) is 24.5. The molecule has 0 aliphatic carbocycles. The van der Waals surface area contributed by atoms with E-state index in [0.29, 0.717) is 6.42 Å². The second-order valence-electron chi connectivity index (χ2n) is 4.75. The minimum absolute atomic E-state index is 0.155. The normalized spacial score (nSPS) is 24.8. The number of amides is 1. The van der Waals surface area contributed by atoms with Crippen LogP contribution in [-0.2, 0) is 14.3 Å². The van der Waals surface area contributed by atoms with Crippen LogP contribution in [0.1, 0.15) is 26.2 Å². The maximum Gasteiger partial charge on any atom is 0.311 e. The Morgan fingerprint density at radius 3 is 2.72 bits per heavy atom. The average molecular weight is 258 g/mol. The molecule has 0 bridgehead atoms. The lowest BCUT2D eigenvalue weighted by atomic mass is 10.0. The number of hydrogen-bond acceptors (Lipinski definition) is 4. The van der Waals surface area contributed by atoms with Crippen molar-refractivity contribution >= 4 is 11.9 Å². The number of carboxylic acid groups (broad SMARTS) is 1. The van der Waals surface area contributed by atoms with Gasteiger partial charge in [-0.25, -0.2) is 0 Å². The third kappa shape index (κ3) is 3.43. The van der Waals surface area contributed by atoms with E-state index in [2.05, 4.69) is 0 Å². The number of carboxylic acids is 1. The molecule has 104 valence electrons. The van der Waals surface area contributed by atoms with Crippen LogP contribution < -0.4 is 5.73 Å². The summed E-state index contributed by atoms with van der Waals surface area (Å²) in [6.45, 7) is 2.45. The first-order chi connectivity index (χ1) is 8.49. The molecule has 1 rings (SSSR count). The highest BCUT2D eigenvalue weighted by Crippen LogP contribution is 2.20. The Morgan fingerprint density at radius 2 is 2.17 bits per heavy atom. The van der Waals surface area contributed by atoms with Crippen molar-refractivity contribution in [2.45, 2.75) is 38.3 Å². The molecule has 0 radical (unpaired) electrons. The van der Waals surface area contributed by atoms with Crippen LogP contribution in [0.3, 0.4) is 0 Å². The Morgan fingerprint density at radius 1 is 1.50 bits per heavy atom. The van der Waals surface area contributed by atoms with Gasteiger partial charge in [0.2, 0.25) is 5.91 Å². The molecule has 3 atom stereocenters. The molecule has 0 saturated carbocycles. The van der Waals surface area contributed by atoms with Crippen molar-refractivity contribution in [1.82, 2.24) is 4.90 Å². The van der Waals surface area contributed by atoms with E-state index in [4.69, 9.17) is 15.6 Å². The zero-order valence-electron chi connectivity index (χ0n) is 11.0. The largest absolute Gasteiger partial charge is 0.481 e. The highest BCUT2D eigenvalue weighted by molar-refractivity contribution is 5.82. The Kier molecular flexibility index (Phi) is 5.55. The minimum Gasteiger partial charge on any atom is -0.481 e. The van der Waals surface area contributed by atoms with E-state index in [1.807, 2.05) is 6.92 Å². The molecule has 0 aromatic rings. The lowest BCUT2D eigenvalue weighted by Gasteiger charge is -2.28. The SMILES string of the molecule is CCCC[C@H](N)C(=O)N(C)C1COCC1C(=O)O. The van der Waals surface area contributed by atoms with Gasteiger partial charge in [0.05, 0.1) is 25.3 Å². The number of carbonyl (C=O) groups is 2. The van der Waals surface area contributed by atoms with Crippen LogP contribution in [0, 0.1) is 5.92 Å². The molecular weight excluding hydrogens is 236 g/mol. The summed E-state index contributed by atoms with van der Waals surface area (Å²) in [7, 11) is 1.60. The molecule has 6 heteroatoms. The summed E-state index contributed by atoms with van der Waals surface area (Å²) in [5.41, 5.74) is 5.81. The zero-order chi connectivity index (χ0) is 13.7. The summed E-state index contributed by atoms with van der Waals surface area (Å²) >= 11 is 0. The number of hydrogen-bond donors (Lipinski definition) is 2. The van der Waals surface area contributed by atoms with E-state index in [0.717, 1.165) is 12.8 Å². The van der Waals surface area contributed by atoms with Gasteiger partial charge in [0.1, 0.15) is 5.92 Å². The number of carbonyl (C=O) groups excluding carboxylic acids is 1. The monoisotopic (exact) mass is 258 g/mol. The maximum atomic E-state index is 12.1. The molecule has 2 unspecified atom stereocenters. The molecule has 1 aliphatic rings. The van der Waals surface area contributed by atoms with E-state index >= 15 is 0 Å². The number of unbranched alkanes of at least 4 members (excludes halogenated alkanes) is 1. The second kappa shape index (κ2) is 6.70. The van der Waals surface area contributed by atoms with Crippen molar-refractivity contribution in [2.75, 3.05) is 20.3 Å². The summed E-state index contributed by atoms with van der Waals surface area (Å²) in [5, 5.41) is 9.05. The maximum absolute atomic E-state index is 12.1. The molecular formula is C12H22N2O4. The quantitative estimate of drug-likeness (QED) is 0.703. The fraction of sp³-hybridized carbons (Fsp3) is 0.833. The van der Waals surface area contributed by atoms with Gasteiger partial charge in [0.25, 0.3) is 0 Å². The number of ether oxygens (including phenoxy) is 1. The van der Waals surface area contributed by atoms with Crippen LogP contribution in [0.2, 0.25) is 0 Å². The molecule has 0 aromatic carbocycles. The van der Waals surface area contributed by atoms with Crippen LogP contribution in [0.5, 0.6) is 0 Å². The second-order valence-corrected chi connectivity index (χ2v) is 4.75. The topological polar surface area (TPSA) is 92.9 Å². The van der Waals surface area contributed by atoms with Gasteiger partial charge >= 0.3 is 5.97 Å². The fourth-order valence-electron chi connectivity index (χ4n) is 2.13. The number of rotatable bonds is 6. The van der Waals surface area contributed by atoms with Crippen molar-refractivity contribution in [3.05, 3.63) is 0 Å². The number of nitrogens with two attached hydrogens (primary N) is 1. The van der Waals surface area contributed by atoms with Gasteiger partial charge in [-0.1, -0.05) is 19.8 Å². The first kappa shape index (κ1) is 14.9. The molecule has 6 nitrogen and oxygen atoms in total. The van der Waals surface area contributed by atoms with Gasteiger partial charge in [-0.2, -0.15) is 0 Å². The minimum atomic E-state index is -0.931. The summed E-state index contributed by atoms with van der Waals surface area (Å²) in [6.07, 6.45) is 2.50.